The van der Waals surface area contributed by atoms with Crippen LogP contribution in [0.15, 0.2) is 23.8 Å². The van der Waals surface area contributed by atoms with Crippen molar-refractivity contribution in [3.63, 3.8) is 0 Å². The van der Waals surface area contributed by atoms with Gasteiger partial charge in [0.15, 0.2) is 11.5 Å². The Labute approximate surface area is 187 Å². The maximum absolute atomic E-state index is 13.2. The van der Waals surface area contributed by atoms with Gasteiger partial charge in [-0.05, 0) is 23.8 Å². The molecule has 2 amide bonds. The summed E-state index contributed by atoms with van der Waals surface area (Å²) in [6.45, 7) is -1.54. The molecule has 1 aromatic rings. The van der Waals surface area contributed by atoms with Crippen LogP contribution in [0.25, 0.3) is 0 Å². The van der Waals surface area contributed by atoms with E-state index in [4.69, 9.17) is 14.6 Å². The second-order valence-corrected chi connectivity index (χ2v) is 7.78. The Morgan fingerprint density at radius 2 is 1.97 bits per heavy atom. The van der Waals surface area contributed by atoms with Crippen LogP contribution >= 0.6 is 0 Å². The number of fused-ring (bicyclic) bond motifs is 3. The van der Waals surface area contributed by atoms with E-state index >= 15 is 0 Å². The van der Waals surface area contributed by atoms with Crippen LogP contribution in [-0.2, 0) is 16.2 Å². The van der Waals surface area contributed by atoms with Crippen molar-refractivity contribution in [3.05, 3.63) is 34.9 Å². The molecule has 0 unspecified atom stereocenters. The largest absolute Gasteiger partial charge is 0.493 e. The lowest BCUT2D eigenvalue weighted by Gasteiger charge is -2.40. The molecule has 0 saturated heterocycles. The molecule has 0 bridgehead atoms. The third kappa shape index (κ3) is 4.92. The fraction of sp³-hybridized carbons (Fsp3) is 0.524. The minimum Gasteiger partial charge on any atom is -0.493 e. The molecule has 12 heteroatoms. The molecule has 0 radical (unpaired) electrons. The number of rotatable bonds is 7. The van der Waals surface area contributed by atoms with Crippen LogP contribution in [0, 0.1) is 0 Å². The van der Waals surface area contributed by atoms with Crippen molar-refractivity contribution < 1.29 is 47.6 Å². The number of nitrogens with zero attached hydrogens (tertiary/aromatic N) is 1. The molecule has 0 saturated carbocycles. The van der Waals surface area contributed by atoms with E-state index in [2.05, 4.69) is 5.32 Å². The minimum absolute atomic E-state index is 0.0342. The van der Waals surface area contributed by atoms with Crippen molar-refractivity contribution in [2.75, 3.05) is 26.8 Å². The molecule has 33 heavy (non-hydrogen) atoms. The van der Waals surface area contributed by atoms with Crippen LogP contribution < -0.4 is 14.8 Å². The summed E-state index contributed by atoms with van der Waals surface area (Å²) in [5.74, 6) is -2.17. The predicted octanol–water partition coefficient (Wildman–Crippen LogP) is 0.221. The number of alkyl halides is 3. The molecular formula is C21H25F3N2O7. The zero-order chi connectivity index (χ0) is 24.5. The summed E-state index contributed by atoms with van der Waals surface area (Å²) in [6.07, 6.45) is -6.43. The van der Waals surface area contributed by atoms with Gasteiger partial charge in [-0.3, -0.25) is 9.59 Å². The topological polar surface area (TPSA) is 129 Å². The lowest BCUT2D eigenvalue weighted by atomic mass is 9.77. The smallest absolute Gasteiger partial charge is 0.406 e. The second-order valence-electron chi connectivity index (χ2n) is 7.78. The van der Waals surface area contributed by atoms with Gasteiger partial charge >= 0.3 is 6.18 Å². The van der Waals surface area contributed by atoms with Gasteiger partial charge in [-0.15, -0.1) is 0 Å². The van der Waals surface area contributed by atoms with E-state index in [0.29, 0.717) is 16.0 Å². The fourth-order valence-corrected chi connectivity index (χ4v) is 4.24. The fourth-order valence-electron chi connectivity index (χ4n) is 4.24. The monoisotopic (exact) mass is 474 g/mol. The first-order chi connectivity index (χ1) is 15.5. The third-order valence-electron chi connectivity index (χ3n) is 5.61. The molecule has 4 N–H and O–H groups in total. The second kappa shape index (κ2) is 9.57. The van der Waals surface area contributed by atoms with Gasteiger partial charge in [-0.2, -0.15) is 13.2 Å². The molecule has 3 rings (SSSR count). The molecule has 9 nitrogen and oxygen atoms in total. The van der Waals surface area contributed by atoms with Crippen LogP contribution in [-0.4, -0.2) is 83.3 Å². The van der Waals surface area contributed by atoms with Crippen molar-refractivity contribution in [2.24, 2.45) is 0 Å². The van der Waals surface area contributed by atoms with E-state index in [9.17, 15) is 33.0 Å². The van der Waals surface area contributed by atoms with Crippen LogP contribution in [0.3, 0.4) is 0 Å². The van der Waals surface area contributed by atoms with Gasteiger partial charge in [0.2, 0.25) is 11.8 Å². The van der Waals surface area contributed by atoms with Crippen LogP contribution in [0.5, 0.6) is 11.5 Å². The molecular weight excluding hydrogens is 449 g/mol. The maximum Gasteiger partial charge on any atom is 0.406 e. The molecule has 0 spiro atoms. The van der Waals surface area contributed by atoms with Gasteiger partial charge in [0.05, 0.1) is 32.3 Å². The van der Waals surface area contributed by atoms with E-state index in [1.54, 1.807) is 6.07 Å². The number of aliphatic hydroxyl groups excluding tert-OH is 3. The molecule has 0 fully saturated rings. The molecule has 0 aromatic heterocycles. The van der Waals surface area contributed by atoms with E-state index in [-0.39, 0.29) is 36.8 Å². The minimum atomic E-state index is -4.74. The first-order valence-corrected chi connectivity index (χ1v) is 10.1. The normalized spacial score (nSPS) is 23.7. The number of nitrogens with one attached hydrogen (secondary N) is 1. The number of methoxy groups -OCH3 is 1. The number of halogens is 3. The van der Waals surface area contributed by atoms with E-state index in [1.165, 1.54) is 13.2 Å². The van der Waals surface area contributed by atoms with Crippen LogP contribution in [0.4, 0.5) is 13.2 Å². The van der Waals surface area contributed by atoms with Gasteiger partial charge in [0, 0.05) is 24.6 Å². The molecule has 2 aliphatic rings. The number of benzene rings is 1. The van der Waals surface area contributed by atoms with Crippen LogP contribution in [0.2, 0.25) is 0 Å². The van der Waals surface area contributed by atoms with Crippen molar-refractivity contribution in [2.45, 2.75) is 43.9 Å². The quantitative estimate of drug-likeness (QED) is 0.445. The highest BCUT2D eigenvalue weighted by molar-refractivity contribution is 5.96. The Balaban J connectivity index is 2.14. The van der Waals surface area contributed by atoms with E-state index in [1.807, 2.05) is 0 Å². The molecule has 1 aromatic carbocycles. The van der Waals surface area contributed by atoms with Gasteiger partial charge < -0.3 is 35.0 Å². The summed E-state index contributed by atoms with van der Waals surface area (Å²) in [5.41, 5.74) is 0.800. The van der Waals surface area contributed by atoms with Crippen LogP contribution in [0.1, 0.15) is 24.0 Å². The highest BCUT2D eigenvalue weighted by Crippen LogP contribution is 2.51. The average Bonchev–Trinajstić information content (AvgIpc) is 3.15. The molecule has 4 atom stereocenters. The zero-order valence-electron chi connectivity index (χ0n) is 17.9. The number of aliphatic hydroxyl groups is 3. The SMILES string of the molecule is COc1cc(CO)cc2c1O[C@@H]1[C@@H](O)[C@H](N(CC(F)(F)F)C(C)=O)C=C(C(=O)NCCO)[C@H]21. The van der Waals surface area contributed by atoms with Gasteiger partial charge in [-0.25, -0.2) is 0 Å². The maximum atomic E-state index is 13.2. The van der Waals surface area contributed by atoms with Crippen molar-refractivity contribution in [1.29, 1.82) is 0 Å². The van der Waals surface area contributed by atoms with Crippen molar-refractivity contribution in [1.82, 2.24) is 10.2 Å². The number of amides is 2. The highest BCUT2D eigenvalue weighted by atomic mass is 19.4. The number of ether oxygens (including phenoxy) is 2. The van der Waals surface area contributed by atoms with Gasteiger partial charge in [-0.1, -0.05) is 0 Å². The summed E-state index contributed by atoms with van der Waals surface area (Å²) in [5, 5.41) is 32.1. The predicted molar refractivity (Wildman–Crippen MR) is 107 cm³/mol. The lowest BCUT2D eigenvalue weighted by molar-refractivity contribution is -0.168. The summed E-state index contributed by atoms with van der Waals surface area (Å²) in [6, 6.07) is 1.56. The first kappa shape index (κ1) is 24.8. The first-order valence-electron chi connectivity index (χ1n) is 10.1. The summed E-state index contributed by atoms with van der Waals surface area (Å²) in [7, 11) is 1.35. The number of hydrogen-bond donors (Lipinski definition) is 4. The Morgan fingerprint density at radius 3 is 2.52 bits per heavy atom. The summed E-state index contributed by atoms with van der Waals surface area (Å²) < 4.78 is 50.7. The Kier molecular flexibility index (Phi) is 7.20. The number of carbonyl (C=O) groups excluding carboxylic acids is 2. The standard InChI is InChI=1S/C21H25F3N2O7/c1-10(29)26(9-21(22,23)24)14-7-13(20(31)25-3-4-27)16-12-5-11(8-28)6-15(32-2)18(12)33-19(16)17(14)30/h5-7,14,16-17,19,27-28,30H,3-4,8-9H2,1-2H3,(H,25,31)/t14-,16+,17+,19+/m1/s1. The summed E-state index contributed by atoms with van der Waals surface area (Å²) in [4.78, 5) is 25.4. The number of carbonyl (C=O) groups is 2. The Hall–Kier alpha value is -2.83. The molecule has 1 aliphatic carbocycles. The molecule has 1 aliphatic heterocycles. The van der Waals surface area contributed by atoms with Crippen molar-refractivity contribution >= 4 is 11.8 Å². The number of hydrogen-bond acceptors (Lipinski definition) is 7. The van der Waals surface area contributed by atoms with Gasteiger partial charge in [0.1, 0.15) is 18.8 Å². The highest BCUT2D eigenvalue weighted by Gasteiger charge is 2.52. The van der Waals surface area contributed by atoms with Crippen molar-refractivity contribution in [3.8, 4) is 11.5 Å². The van der Waals surface area contributed by atoms with Gasteiger partial charge in [0.25, 0.3) is 0 Å². The Bertz CT molecular complexity index is 951. The third-order valence-corrected chi connectivity index (χ3v) is 5.61. The lowest BCUT2D eigenvalue weighted by Crippen LogP contribution is -2.57. The summed E-state index contributed by atoms with van der Waals surface area (Å²) >= 11 is 0. The van der Waals surface area contributed by atoms with E-state index < -0.39 is 48.7 Å². The Morgan fingerprint density at radius 1 is 1.27 bits per heavy atom. The zero-order valence-corrected chi connectivity index (χ0v) is 17.9. The average molecular weight is 474 g/mol. The molecule has 182 valence electrons. The van der Waals surface area contributed by atoms with E-state index in [0.717, 1.165) is 13.0 Å². The molecule has 1 heterocycles.